The standard InChI is InChI=1S/C21H23FN2O3S/c1-14(2)11-24-20(26)16-7-3-5-9-18(16)23-21(24)28-13-15(25)12-27-19-10-6-4-8-17(19)22/h3-10,14-15,25H,11-13H2,1-2H3/t15-/m1/s1. The number of thioether (sulfide) groups is 1. The van der Waals surface area contributed by atoms with Crippen molar-refractivity contribution in [3.8, 4) is 5.75 Å². The lowest BCUT2D eigenvalue weighted by Gasteiger charge is -2.16. The second-order valence-electron chi connectivity index (χ2n) is 6.93. The average molecular weight is 402 g/mol. The molecule has 0 bridgehead atoms. The van der Waals surface area contributed by atoms with Crippen molar-refractivity contribution in [2.75, 3.05) is 12.4 Å². The van der Waals surface area contributed by atoms with Gasteiger partial charge >= 0.3 is 0 Å². The fraction of sp³-hybridized carbons (Fsp3) is 0.333. The monoisotopic (exact) mass is 402 g/mol. The molecular formula is C21H23FN2O3S. The molecule has 1 heterocycles. The first-order valence-corrected chi connectivity index (χ1v) is 10.1. The first kappa shape index (κ1) is 20.4. The number of aliphatic hydroxyl groups excluding tert-OH is 1. The van der Waals surface area contributed by atoms with Crippen LogP contribution in [0.2, 0.25) is 0 Å². The normalized spacial score (nSPS) is 12.5. The highest BCUT2D eigenvalue weighted by atomic mass is 32.2. The second-order valence-corrected chi connectivity index (χ2v) is 7.91. The first-order valence-electron chi connectivity index (χ1n) is 9.13. The van der Waals surface area contributed by atoms with Crippen LogP contribution >= 0.6 is 11.8 Å². The van der Waals surface area contributed by atoms with Gasteiger partial charge in [-0.3, -0.25) is 9.36 Å². The number of nitrogens with zero attached hydrogens (tertiary/aromatic N) is 2. The van der Waals surface area contributed by atoms with Crippen LogP contribution in [0.4, 0.5) is 4.39 Å². The summed E-state index contributed by atoms with van der Waals surface area (Å²) in [5, 5.41) is 11.4. The van der Waals surface area contributed by atoms with Crippen molar-refractivity contribution in [3.63, 3.8) is 0 Å². The van der Waals surface area contributed by atoms with Crippen LogP contribution in [0.25, 0.3) is 10.9 Å². The van der Waals surface area contributed by atoms with Gasteiger partial charge in [0, 0.05) is 12.3 Å². The Hall–Kier alpha value is -2.38. The minimum atomic E-state index is -0.833. The van der Waals surface area contributed by atoms with Gasteiger partial charge in [-0.25, -0.2) is 9.37 Å². The number of aromatic nitrogens is 2. The van der Waals surface area contributed by atoms with Crippen LogP contribution in [0.15, 0.2) is 58.5 Å². The first-order chi connectivity index (χ1) is 13.5. The molecule has 7 heteroatoms. The average Bonchev–Trinajstić information content (AvgIpc) is 2.68. The molecule has 1 atom stereocenters. The zero-order valence-corrected chi connectivity index (χ0v) is 16.7. The van der Waals surface area contributed by atoms with Gasteiger partial charge in [-0.15, -0.1) is 0 Å². The number of aliphatic hydroxyl groups is 1. The Morgan fingerprint density at radius 3 is 2.64 bits per heavy atom. The SMILES string of the molecule is CC(C)Cn1c(SC[C@H](O)COc2ccccc2F)nc2ccccc2c1=O. The van der Waals surface area contributed by atoms with E-state index in [1.54, 1.807) is 28.8 Å². The maximum absolute atomic E-state index is 13.6. The van der Waals surface area contributed by atoms with Gasteiger partial charge in [0.25, 0.3) is 5.56 Å². The van der Waals surface area contributed by atoms with Gasteiger partial charge in [0.1, 0.15) is 6.61 Å². The van der Waals surface area contributed by atoms with E-state index in [1.807, 2.05) is 26.0 Å². The zero-order valence-electron chi connectivity index (χ0n) is 15.8. The third-order valence-electron chi connectivity index (χ3n) is 4.05. The van der Waals surface area contributed by atoms with E-state index in [0.29, 0.717) is 22.6 Å². The molecule has 0 spiro atoms. The van der Waals surface area contributed by atoms with Crippen molar-refractivity contribution in [1.29, 1.82) is 0 Å². The summed E-state index contributed by atoms with van der Waals surface area (Å²) in [6.07, 6.45) is -0.833. The number of rotatable bonds is 8. The van der Waals surface area contributed by atoms with Crippen LogP contribution < -0.4 is 10.3 Å². The summed E-state index contributed by atoms with van der Waals surface area (Å²) in [4.78, 5) is 17.5. The molecule has 0 saturated carbocycles. The molecule has 0 aliphatic heterocycles. The minimum Gasteiger partial charge on any atom is -0.488 e. The van der Waals surface area contributed by atoms with Crippen molar-refractivity contribution in [1.82, 2.24) is 9.55 Å². The van der Waals surface area contributed by atoms with Crippen LogP contribution in [-0.2, 0) is 6.54 Å². The number of ether oxygens (including phenoxy) is 1. The van der Waals surface area contributed by atoms with E-state index in [9.17, 15) is 14.3 Å². The van der Waals surface area contributed by atoms with Crippen molar-refractivity contribution < 1.29 is 14.2 Å². The Bertz CT molecular complexity index is 1010. The van der Waals surface area contributed by atoms with Gasteiger partial charge in [-0.05, 0) is 30.2 Å². The van der Waals surface area contributed by atoms with E-state index in [1.165, 1.54) is 23.9 Å². The van der Waals surface area contributed by atoms with Gasteiger partial charge in [-0.2, -0.15) is 0 Å². The summed E-state index contributed by atoms with van der Waals surface area (Å²) in [6.45, 7) is 4.57. The quantitative estimate of drug-likeness (QED) is 0.460. The zero-order chi connectivity index (χ0) is 20.1. The lowest BCUT2D eigenvalue weighted by Crippen LogP contribution is -2.26. The predicted octanol–water partition coefficient (Wildman–Crippen LogP) is 3.72. The third-order valence-corrected chi connectivity index (χ3v) is 5.17. The molecule has 0 aliphatic carbocycles. The fourth-order valence-corrected chi connectivity index (χ4v) is 3.66. The van der Waals surface area contributed by atoms with Gasteiger partial charge in [0.15, 0.2) is 16.7 Å². The molecule has 0 fully saturated rings. The number of benzene rings is 2. The number of hydrogen-bond donors (Lipinski definition) is 1. The molecule has 1 N–H and O–H groups in total. The molecule has 3 rings (SSSR count). The van der Waals surface area contributed by atoms with Crippen molar-refractivity contribution in [3.05, 3.63) is 64.7 Å². The van der Waals surface area contributed by atoms with Crippen LogP contribution in [-0.4, -0.2) is 33.1 Å². The van der Waals surface area contributed by atoms with E-state index in [-0.39, 0.29) is 29.6 Å². The molecule has 0 amide bonds. The Balaban J connectivity index is 1.73. The van der Waals surface area contributed by atoms with Crippen LogP contribution in [0.3, 0.4) is 0 Å². The molecule has 3 aromatic rings. The highest BCUT2D eigenvalue weighted by Gasteiger charge is 2.15. The van der Waals surface area contributed by atoms with Gasteiger partial charge in [0.05, 0.1) is 17.0 Å². The minimum absolute atomic E-state index is 0.0457. The maximum Gasteiger partial charge on any atom is 0.262 e. The van der Waals surface area contributed by atoms with E-state index >= 15 is 0 Å². The van der Waals surface area contributed by atoms with Gasteiger partial charge in [0.2, 0.25) is 0 Å². The summed E-state index contributed by atoms with van der Waals surface area (Å²) < 4.78 is 20.6. The van der Waals surface area contributed by atoms with Crippen LogP contribution in [0.1, 0.15) is 13.8 Å². The molecule has 0 radical (unpaired) electrons. The molecule has 2 aromatic carbocycles. The third kappa shape index (κ3) is 4.91. The van der Waals surface area contributed by atoms with Gasteiger partial charge in [-0.1, -0.05) is 49.9 Å². The summed E-state index contributed by atoms with van der Waals surface area (Å²) in [6, 6.07) is 13.3. The molecular weight excluding hydrogens is 379 g/mol. The van der Waals surface area contributed by atoms with Crippen molar-refractivity contribution in [2.45, 2.75) is 31.7 Å². The van der Waals surface area contributed by atoms with Crippen LogP contribution in [0, 0.1) is 11.7 Å². The predicted molar refractivity (Wildman–Crippen MR) is 109 cm³/mol. The van der Waals surface area contributed by atoms with Crippen molar-refractivity contribution in [2.24, 2.45) is 5.92 Å². The topological polar surface area (TPSA) is 64.3 Å². The lowest BCUT2D eigenvalue weighted by atomic mass is 10.2. The Kier molecular flexibility index (Phi) is 6.70. The van der Waals surface area contributed by atoms with E-state index in [4.69, 9.17) is 4.74 Å². The largest absolute Gasteiger partial charge is 0.488 e. The Labute approximate surface area is 167 Å². The molecule has 0 unspecified atom stereocenters. The summed E-state index contributed by atoms with van der Waals surface area (Å²) in [7, 11) is 0. The fourth-order valence-electron chi connectivity index (χ4n) is 2.75. The molecule has 148 valence electrons. The van der Waals surface area contributed by atoms with Crippen molar-refractivity contribution >= 4 is 22.7 Å². The molecule has 0 aliphatic rings. The van der Waals surface area contributed by atoms with Gasteiger partial charge < -0.3 is 9.84 Å². The van der Waals surface area contributed by atoms with E-state index in [2.05, 4.69) is 4.98 Å². The molecule has 28 heavy (non-hydrogen) atoms. The maximum atomic E-state index is 13.6. The van der Waals surface area contributed by atoms with E-state index < -0.39 is 11.9 Å². The lowest BCUT2D eigenvalue weighted by molar-refractivity contribution is 0.123. The Morgan fingerprint density at radius 1 is 1.18 bits per heavy atom. The smallest absolute Gasteiger partial charge is 0.262 e. The number of fused-ring (bicyclic) bond motifs is 1. The highest BCUT2D eigenvalue weighted by Crippen LogP contribution is 2.21. The van der Waals surface area contributed by atoms with Crippen LogP contribution in [0.5, 0.6) is 5.75 Å². The number of hydrogen-bond acceptors (Lipinski definition) is 5. The highest BCUT2D eigenvalue weighted by molar-refractivity contribution is 7.99. The number of para-hydroxylation sites is 2. The number of halogens is 1. The summed E-state index contributed by atoms with van der Waals surface area (Å²) in [5.41, 5.74) is 0.547. The molecule has 0 saturated heterocycles. The second kappa shape index (κ2) is 9.21. The molecule has 1 aromatic heterocycles. The molecule has 5 nitrogen and oxygen atoms in total. The summed E-state index contributed by atoms with van der Waals surface area (Å²) in [5.74, 6) is 0.183. The van der Waals surface area contributed by atoms with E-state index in [0.717, 1.165) is 0 Å². The Morgan fingerprint density at radius 2 is 1.89 bits per heavy atom. The summed E-state index contributed by atoms with van der Waals surface area (Å²) >= 11 is 1.29.